The van der Waals surface area contributed by atoms with Gasteiger partial charge in [0.05, 0.1) is 23.7 Å². The average molecular weight is 329 g/mol. The molecule has 0 spiro atoms. The number of carbonyl (C=O) groups is 1. The lowest BCUT2D eigenvalue weighted by atomic mass is 9.97. The molecule has 2 aromatic carbocycles. The standard InChI is InChI=1S/C19H15N5O/c1-11(8-20)9-24-10-14-12(6-7-15(21)17(14)19(24)25)18-13-4-2-3-5-16(13)22-23-18/h2-7H,1,9-10,21H2,(H,22,23). The molecule has 0 aliphatic carbocycles. The summed E-state index contributed by atoms with van der Waals surface area (Å²) in [5, 5.41) is 17.4. The van der Waals surface area contributed by atoms with E-state index in [-0.39, 0.29) is 12.5 Å². The monoisotopic (exact) mass is 329 g/mol. The van der Waals surface area contributed by atoms with Gasteiger partial charge < -0.3 is 10.6 Å². The van der Waals surface area contributed by atoms with Crippen LogP contribution in [0, 0.1) is 11.3 Å². The Balaban J connectivity index is 1.86. The summed E-state index contributed by atoms with van der Waals surface area (Å²) < 4.78 is 0. The third-order valence-corrected chi connectivity index (χ3v) is 4.46. The number of nitrogens with one attached hydrogen (secondary N) is 1. The molecule has 122 valence electrons. The summed E-state index contributed by atoms with van der Waals surface area (Å²) in [6.45, 7) is 4.25. The van der Waals surface area contributed by atoms with Gasteiger partial charge in [0.2, 0.25) is 0 Å². The van der Waals surface area contributed by atoms with Gasteiger partial charge in [0.15, 0.2) is 0 Å². The zero-order chi connectivity index (χ0) is 17.6. The Hall–Kier alpha value is -3.59. The van der Waals surface area contributed by atoms with Crippen LogP contribution in [0.3, 0.4) is 0 Å². The summed E-state index contributed by atoms with van der Waals surface area (Å²) in [5.41, 5.74) is 10.8. The molecule has 1 amide bonds. The average Bonchev–Trinajstić information content (AvgIpc) is 3.18. The number of para-hydroxylation sites is 1. The van der Waals surface area contributed by atoms with Crippen LogP contribution >= 0.6 is 0 Å². The van der Waals surface area contributed by atoms with E-state index in [4.69, 9.17) is 11.0 Å². The minimum Gasteiger partial charge on any atom is -0.398 e. The maximum Gasteiger partial charge on any atom is 0.256 e. The van der Waals surface area contributed by atoms with Crippen molar-refractivity contribution in [1.82, 2.24) is 15.1 Å². The highest BCUT2D eigenvalue weighted by Crippen LogP contribution is 2.37. The lowest BCUT2D eigenvalue weighted by Gasteiger charge is -2.14. The number of amides is 1. The topological polar surface area (TPSA) is 98.8 Å². The van der Waals surface area contributed by atoms with Gasteiger partial charge in [-0.3, -0.25) is 9.89 Å². The highest BCUT2D eigenvalue weighted by atomic mass is 16.2. The molecule has 6 nitrogen and oxygen atoms in total. The summed E-state index contributed by atoms with van der Waals surface area (Å²) in [5.74, 6) is -0.175. The van der Waals surface area contributed by atoms with Gasteiger partial charge in [0.25, 0.3) is 5.91 Å². The quantitative estimate of drug-likeness (QED) is 0.570. The summed E-state index contributed by atoms with van der Waals surface area (Å²) in [4.78, 5) is 14.3. The zero-order valence-electron chi connectivity index (χ0n) is 13.4. The predicted octanol–water partition coefficient (Wildman–Crippen LogP) is 2.85. The number of aromatic nitrogens is 2. The van der Waals surface area contributed by atoms with Crippen molar-refractivity contribution in [3.05, 3.63) is 59.7 Å². The first-order chi connectivity index (χ1) is 12.1. The Morgan fingerprint density at radius 1 is 1.36 bits per heavy atom. The van der Waals surface area contributed by atoms with Crippen molar-refractivity contribution in [3.63, 3.8) is 0 Å². The molecule has 4 rings (SSSR count). The number of nitrogens with two attached hydrogens (primary N) is 1. The number of carbonyl (C=O) groups excluding carboxylic acids is 1. The molecule has 0 saturated carbocycles. The lowest BCUT2D eigenvalue weighted by Crippen LogP contribution is -2.26. The lowest BCUT2D eigenvalue weighted by molar-refractivity contribution is 0.0795. The van der Waals surface area contributed by atoms with E-state index in [9.17, 15) is 4.79 Å². The van der Waals surface area contributed by atoms with Crippen LogP contribution in [0.15, 0.2) is 48.6 Å². The van der Waals surface area contributed by atoms with Gasteiger partial charge in [-0.25, -0.2) is 0 Å². The molecule has 0 radical (unpaired) electrons. The Kier molecular flexibility index (Phi) is 3.29. The van der Waals surface area contributed by atoms with Crippen LogP contribution < -0.4 is 5.73 Å². The summed E-state index contributed by atoms with van der Waals surface area (Å²) in [7, 11) is 0. The molecule has 0 saturated heterocycles. The van der Waals surface area contributed by atoms with Crippen LogP contribution in [0.1, 0.15) is 15.9 Å². The third kappa shape index (κ3) is 2.25. The molecule has 3 N–H and O–H groups in total. The summed E-state index contributed by atoms with van der Waals surface area (Å²) in [6.07, 6.45) is 0. The maximum atomic E-state index is 12.7. The molecule has 1 aliphatic heterocycles. The Labute approximate surface area is 144 Å². The van der Waals surface area contributed by atoms with Crippen LogP contribution in [0.2, 0.25) is 0 Å². The number of benzene rings is 2. The van der Waals surface area contributed by atoms with Crippen LogP contribution in [0.25, 0.3) is 22.2 Å². The van der Waals surface area contributed by atoms with Crippen molar-refractivity contribution < 1.29 is 4.79 Å². The van der Waals surface area contributed by atoms with Crippen molar-refractivity contribution in [1.29, 1.82) is 5.26 Å². The molecular formula is C19H15N5O. The first kappa shape index (κ1) is 15.0. The zero-order valence-corrected chi connectivity index (χ0v) is 13.4. The Morgan fingerprint density at radius 3 is 2.96 bits per heavy atom. The number of nitriles is 1. The van der Waals surface area contributed by atoms with E-state index in [0.29, 0.717) is 23.4 Å². The van der Waals surface area contributed by atoms with Gasteiger partial charge in [0.1, 0.15) is 5.69 Å². The normalized spacial score (nSPS) is 13.1. The van der Waals surface area contributed by atoms with E-state index in [0.717, 1.165) is 27.7 Å². The number of nitrogen functional groups attached to an aromatic ring is 1. The van der Waals surface area contributed by atoms with Gasteiger partial charge in [-0.1, -0.05) is 30.8 Å². The number of hydrogen-bond donors (Lipinski definition) is 2. The largest absolute Gasteiger partial charge is 0.398 e. The molecule has 3 aromatic rings. The number of nitrogens with zero attached hydrogens (tertiary/aromatic N) is 3. The molecular weight excluding hydrogens is 314 g/mol. The molecule has 2 heterocycles. The highest BCUT2D eigenvalue weighted by Gasteiger charge is 2.32. The van der Waals surface area contributed by atoms with E-state index in [1.165, 1.54) is 0 Å². The first-order valence-corrected chi connectivity index (χ1v) is 7.82. The molecule has 25 heavy (non-hydrogen) atoms. The number of fused-ring (bicyclic) bond motifs is 2. The molecule has 1 aromatic heterocycles. The fraction of sp³-hybridized carbons (Fsp3) is 0.105. The van der Waals surface area contributed by atoms with Gasteiger partial charge in [0, 0.05) is 28.8 Å². The van der Waals surface area contributed by atoms with E-state index < -0.39 is 0 Å². The molecule has 6 heteroatoms. The number of H-pyrrole nitrogens is 1. The van der Waals surface area contributed by atoms with E-state index in [1.54, 1.807) is 11.0 Å². The number of rotatable bonds is 3. The van der Waals surface area contributed by atoms with Crippen molar-refractivity contribution >= 4 is 22.5 Å². The molecule has 0 bridgehead atoms. The first-order valence-electron chi connectivity index (χ1n) is 7.82. The van der Waals surface area contributed by atoms with E-state index in [2.05, 4.69) is 16.8 Å². The van der Waals surface area contributed by atoms with Crippen LogP contribution in [-0.2, 0) is 6.54 Å². The SMILES string of the molecule is C=C(C#N)CN1Cc2c(-c3n[nH]c4ccccc34)ccc(N)c2C1=O. The van der Waals surface area contributed by atoms with Gasteiger partial charge in [-0.15, -0.1) is 0 Å². The van der Waals surface area contributed by atoms with Crippen LogP contribution in [-0.4, -0.2) is 27.5 Å². The predicted molar refractivity (Wildman–Crippen MR) is 95.4 cm³/mol. The number of hydrogen-bond acceptors (Lipinski definition) is 4. The number of aromatic amines is 1. The van der Waals surface area contributed by atoms with E-state index >= 15 is 0 Å². The second-order valence-corrected chi connectivity index (χ2v) is 6.05. The number of anilines is 1. The van der Waals surface area contributed by atoms with Gasteiger partial charge in [-0.2, -0.15) is 10.4 Å². The third-order valence-electron chi connectivity index (χ3n) is 4.46. The fourth-order valence-corrected chi connectivity index (χ4v) is 3.29. The Bertz CT molecular complexity index is 1070. The molecule has 0 unspecified atom stereocenters. The van der Waals surface area contributed by atoms with Crippen molar-refractivity contribution in [2.24, 2.45) is 0 Å². The maximum absolute atomic E-state index is 12.7. The van der Waals surface area contributed by atoms with Crippen molar-refractivity contribution in [2.45, 2.75) is 6.54 Å². The second-order valence-electron chi connectivity index (χ2n) is 6.05. The minimum absolute atomic E-state index is 0.175. The van der Waals surface area contributed by atoms with Crippen LogP contribution in [0.4, 0.5) is 5.69 Å². The fourth-order valence-electron chi connectivity index (χ4n) is 3.29. The van der Waals surface area contributed by atoms with Crippen molar-refractivity contribution in [2.75, 3.05) is 12.3 Å². The summed E-state index contributed by atoms with van der Waals surface area (Å²) >= 11 is 0. The van der Waals surface area contributed by atoms with Crippen LogP contribution in [0.5, 0.6) is 0 Å². The molecule has 1 aliphatic rings. The molecule has 0 atom stereocenters. The van der Waals surface area contributed by atoms with E-state index in [1.807, 2.05) is 36.4 Å². The smallest absolute Gasteiger partial charge is 0.256 e. The second kappa shape index (κ2) is 5.49. The van der Waals surface area contributed by atoms with Gasteiger partial charge >= 0.3 is 0 Å². The van der Waals surface area contributed by atoms with Crippen molar-refractivity contribution in [3.8, 4) is 17.3 Å². The summed E-state index contributed by atoms with van der Waals surface area (Å²) in [6, 6.07) is 13.5. The van der Waals surface area contributed by atoms with Gasteiger partial charge in [-0.05, 0) is 17.7 Å². The highest BCUT2D eigenvalue weighted by molar-refractivity contribution is 6.06. The minimum atomic E-state index is -0.175. The Morgan fingerprint density at radius 2 is 2.16 bits per heavy atom. The molecule has 0 fully saturated rings.